The minimum absolute atomic E-state index is 0.0584. The number of fused-ring (bicyclic) bond motifs is 1. The average Bonchev–Trinajstić information content (AvgIpc) is 2.70. The van der Waals surface area contributed by atoms with E-state index in [4.69, 9.17) is 11.2 Å². The van der Waals surface area contributed by atoms with Gasteiger partial charge in [-0.25, -0.2) is 13.6 Å². The molecular weight excluding hydrogens is 368 g/mol. The number of anilines is 1. The lowest BCUT2D eigenvalue weighted by Gasteiger charge is -2.31. The standard InChI is InChI=1S/C20H19F2N3O3/c1-2-11-3-4-15(21)13(9-11)17-16(22)10-14-18(23-17)24-20(27)25(19(14)26)12-5-7-28-8-6-12/h1,3-4,9,12,16-17,23H,5-8,10H2,(H,24,27). The van der Waals surface area contributed by atoms with Crippen LogP contribution in [0.15, 0.2) is 27.8 Å². The first-order valence-electron chi connectivity index (χ1n) is 9.11. The molecule has 1 aromatic carbocycles. The number of aromatic amines is 1. The van der Waals surface area contributed by atoms with Crippen LogP contribution >= 0.6 is 0 Å². The van der Waals surface area contributed by atoms with E-state index in [2.05, 4.69) is 16.2 Å². The fourth-order valence-corrected chi connectivity index (χ4v) is 3.88. The average molecular weight is 387 g/mol. The number of terminal acetylenes is 1. The van der Waals surface area contributed by atoms with E-state index >= 15 is 0 Å². The topological polar surface area (TPSA) is 76.1 Å². The second-order valence-corrected chi connectivity index (χ2v) is 7.03. The molecule has 2 aromatic rings. The van der Waals surface area contributed by atoms with E-state index in [1.807, 2.05) is 0 Å². The molecule has 8 heteroatoms. The van der Waals surface area contributed by atoms with Crippen molar-refractivity contribution in [3.63, 3.8) is 0 Å². The lowest BCUT2D eigenvalue weighted by Crippen LogP contribution is -2.45. The highest BCUT2D eigenvalue weighted by Crippen LogP contribution is 2.33. The quantitative estimate of drug-likeness (QED) is 0.774. The molecule has 1 saturated heterocycles. The highest BCUT2D eigenvalue weighted by atomic mass is 19.1. The Hall–Kier alpha value is -2.92. The van der Waals surface area contributed by atoms with Gasteiger partial charge in [0.25, 0.3) is 5.56 Å². The maximum atomic E-state index is 14.9. The SMILES string of the molecule is C#Cc1ccc(F)c(C2Nc3[nH]c(=O)n(C4CCOCC4)c(=O)c3CC2F)c1. The third-order valence-electron chi connectivity index (χ3n) is 5.34. The van der Waals surface area contributed by atoms with Gasteiger partial charge in [0.2, 0.25) is 0 Å². The summed E-state index contributed by atoms with van der Waals surface area (Å²) in [5.74, 6) is 1.91. The lowest BCUT2D eigenvalue weighted by atomic mass is 9.92. The molecule has 28 heavy (non-hydrogen) atoms. The normalized spacial score (nSPS) is 22.2. The van der Waals surface area contributed by atoms with Gasteiger partial charge in [0.05, 0.1) is 11.6 Å². The number of H-pyrrole nitrogens is 1. The van der Waals surface area contributed by atoms with Crippen LogP contribution in [-0.2, 0) is 11.2 Å². The van der Waals surface area contributed by atoms with Gasteiger partial charge in [0.15, 0.2) is 0 Å². The number of rotatable bonds is 2. The van der Waals surface area contributed by atoms with Crippen molar-refractivity contribution in [3.05, 3.63) is 61.5 Å². The summed E-state index contributed by atoms with van der Waals surface area (Å²) in [5, 5.41) is 2.79. The van der Waals surface area contributed by atoms with Gasteiger partial charge in [-0.2, -0.15) is 0 Å². The van der Waals surface area contributed by atoms with E-state index in [0.717, 1.165) is 4.57 Å². The maximum absolute atomic E-state index is 14.9. The lowest BCUT2D eigenvalue weighted by molar-refractivity contribution is 0.0673. The zero-order chi connectivity index (χ0) is 19.8. The summed E-state index contributed by atoms with van der Waals surface area (Å²) in [6.07, 6.45) is 4.65. The molecule has 0 radical (unpaired) electrons. The van der Waals surface area contributed by atoms with Gasteiger partial charge >= 0.3 is 5.69 Å². The van der Waals surface area contributed by atoms with E-state index in [-0.39, 0.29) is 29.4 Å². The zero-order valence-corrected chi connectivity index (χ0v) is 15.0. The molecule has 0 aliphatic carbocycles. The van der Waals surface area contributed by atoms with E-state index in [0.29, 0.717) is 31.6 Å². The summed E-state index contributed by atoms with van der Waals surface area (Å²) < 4.78 is 35.6. The van der Waals surface area contributed by atoms with Crippen LogP contribution in [0.3, 0.4) is 0 Å². The molecule has 0 spiro atoms. The Morgan fingerprint density at radius 2 is 2.00 bits per heavy atom. The summed E-state index contributed by atoms with van der Waals surface area (Å²) in [6.45, 7) is 0.926. The first-order chi connectivity index (χ1) is 13.5. The second-order valence-electron chi connectivity index (χ2n) is 7.03. The molecule has 0 saturated carbocycles. The molecule has 2 unspecified atom stereocenters. The van der Waals surface area contributed by atoms with Crippen molar-refractivity contribution >= 4 is 5.82 Å². The smallest absolute Gasteiger partial charge is 0.330 e. The molecule has 1 aromatic heterocycles. The number of nitrogens with zero attached hydrogens (tertiary/aromatic N) is 1. The molecule has 1 fully saturated rings. The number of alkyl halides is 1. The van der Waals surface area contributed by atoms with Crippen LogP contribution in [0.1, 0.15) is 41.6 Å². The predicted molar refractivity (Wildman–Crippen MR) is 99.7 cm³/mol. The van der Waals surface area contributed by atoms with Crippen LogP contribution in [0.2, 0.25) is 0 Å². The van der Waals surface area contributed by atoms with Crippen LogP contribution < -0.4 is 16.6 Å². The van der Waals surface area contributed by atoms with Gasteiger partial charge in [-0.3, -0.25) is 14.3 Å². The van der Waals surface area contributed by atoms with Crippen LogP contribution in [0, 0.1) is 18.2 Å². The van der Waals surface area contributed by atoms with Gasteiger partial charge in [0, 0.05) is 36.8 Å². The van der Waals surface area contributed by atoms with Crippen LogP contribution in [0.25, 0.3) is 0 Å². The van der Waals surface area contributed by atoms with Gasteiger partial charge in [-0.1, -0.05) is 5.92 Å². The zero-order valence-electron chi connectivity index (χ0n) is 15.0. The largest absolute Gasteiger partial charge is 0.381 e. The van der Waals surface area contributed by atoms with Crippen molar-refractivity contribution in [3.8, 4) is 12.3 Å². The first-order valence-corrected chi connectivity index (χ1v) is 9.11. The van der Waals surface area contributed by atoms with Crippen molar-refractivity contribution in [2.75, 3.05) is 18.5 Å². The van der Waals surface area contributed by atoms with Crippen LogP contribution in [0.5, 0.6) is 0 Å². The van der Waals surface area contributed by atoms with Crippen LogP contribution in [-0.4, -0.2) is 28.9 Å². The van der Waals surface area contributed by atoms with Crippen LogP contribution in [0.4, 0.5) is 14.6 Å². The van der Waals surface area contributed by atoms with Crippen molar-refractivity contribution in [2.45, 2.75) is 37.5 Å². The Bertz CT molecular complexity index is 1060. The fraction of sp³-hybridized carbons (Fsp3) is 0.400. The minimum atomic E-state index is -1.56. The molecule has 4 rings (SSSR count). The van der Waals surface area contributed by atoms with E-state index < -0.39 is 29.3 Å². The fourth-order valence-electron chi connectivity index (χ4n) is 3.88. The third kappa shape index (κ3) is 3.12. The summed E-state index contributed by atoms with van der Waals surface area (Å²) >= 11 is 0. The summed E-state index contributed by atoms with van der Waals surface area (Å²) in [5.41, 5.74) is -0.458. The van der Waals surface area contributed by atoms with Gasteiger partial charge in [0.1, 0.15) is 17.8 Å². The number of nitrogens with one attached hydrogen (secondary N) is 2. The molecule has 0 bridgehead atoms. The molecule has 2 atom stereocenters. The van der Waals surface area contributed by atoms with Gasteiger partial charge in [-0.15, -0.1) is 6.42 Å². The van der Waals surface area contributed by atoms with Crippen molar-refractivity contribution in [2.24, 2.45) is 0 Å². The highest BCUT2D eigenvalue weighted by Gasteiger charge is 2.35. The maximum Gasteiger partial charge on any atom is 0.330 e. The molecule has 3 heterocycles. The number of benzene rings is 1. The third-order valence-corrected chi connectivity index (χ3v) is 5.34. The highest BCUT2D eigenvalue weighted by molar-refractivity contribution is 5.50. The summed E-state index contributed by atoms with van der Waals surface area (Å²) in [7, 11) is 0. The van der Waals surface area contributed by atoms with E-state index in [9.17, 15) is 18.4 Å². The van der Waals surface area contributed by atoms with E-state index in [1.165, 1.54) is 18.2 Å². The van der Waals surface area contributed by atoms with Gasteiger partial charge < -0.3 is 10.1 Å². The molecule has 146 valence electrons. The van der Waals surface area contributed by atoms with Crippen molar-refractivity contribution in [1.29, 1.82) is 0 Å². The Kier molecular flexibility index (Phi) is 4.77. The summed E-state index contributed by atoms with van der Waals surface area (Å²) in [6, 6.07) is 2.66. The van der Waals surface area contributed by atoms with Gasteiger partial charge in [-0.05, 0) is 31.0 Å². The number of halogens is 2. The monoisotopic (exact) mass is 387 g/mol. The number of hydrogen-bond donors (Lipinski definition) is 2. The molecule has 2 aliphatic rings. The first kappa shape index (κ1) is 18.4. The molecule has 6 nitrogen and oxygen atoms in total. The Balaban J connectivity index is 1.74. The number of aromatic nitrogens is 2. The molecule has 2 aliphatic heterocycles. The predicted octanol–water partition coefficient (Wildman–Crippen LogP) is 2.06. The Morgan fingerprint density at radius 1 is 1.25 bits per heavy atom. The summed E-state index contributed by atoms with van der Waals surface area (Å²) in [4.78, 5) is 28.0. The Labute approximate surface area is 159 Å². The van der Waals surface area contributed by atoms with Crippen molar-refractivity contribution in [1.82, 2.24) is 9.55 Å². The minimum Gasteiger partial charge on any atom is -0.381 e. The molecular formula is C20H19F2N3O3. The number of ether oxygens (including phenoxy) is 1. The second kappa shape index (κ2) is 7.24. The molecule has 0 amide bonds. The Morgan fingerprint density at radius 3 is 2.71 bits per heavy atom. The number of hydrogen-bond acceptors (Lipinski definition) is 4. The van der Waals surface area contributed by atoms with Crippen molar-refractivity contribution < 1.29 is 13.5 Å². The van der Waals surface area contributed by atoms with E-state index in [1.54, 1.807) is 0 Å². The molecule has 2 N–H and O–H groups in total.